The van der Waals surface area contributed by atoms with E-state index in [1.54, 1.807) is 24.3 Å². The molecule has 3 aromatic rings. The molecule has 1 aromatic heterocycles. The van der Waals surface area contributed by atoms with E-state index < -0.39 is 17.7 Å². The fourth-order valence-corrected chi connectivity index (χ4v) is 2.43. The molecular formula is C16H8ClF4N. The molecule has 0 bridgehead atoms. The summed E-state index contributed by atoms with van der Waals surface area (Å²) >= 11 is 5.94. The number of hydrogen-bond acceptors (Lipinski definition) is 1. The highest BCUT2D eigenvalue weighted by Gasteiger charge is 2.33. The highest BCUT2D eigenvalue weighted by molar-refractivity contribution is 6.35. The van der Waals surface area contributed by atoms with Crippen LogP contribution in [0, 0.1) is 5.82 Å². The number of fused-ring (bicyclic) bond motifs is 1. The van der Waals surface area contributed by atoms with Crippen LogP contribution in [0.25, 0.3) is 22.0 Å². The van der Waals surface area contributed by atoms with E-state index in [1.807, 2.05) is 0 Å². The molecule has 0 aliphatic heterocycles. The molecule has 22 heavy (non-hydrogen) atoms. The fraction of sp³-hybridized carbons (Fsp3) is 0.0625. The predicted molar refractivity (Wildman–Crippen MR) is 77.1 cm³/mol. The van der Waals surface area contributed by atoms with Gasteiger partial charge in [0.25, 0.3) is 0 Å². The molecule has 1 nitrogen and oxygen atoms in total. The average molecular weight is 326 g/mol. The van der Waals surface area contributed by atoms with E-state index in [2.05, 4.69) is 4.98 Å². The number of pyridine rings is 1. The molecule has 0 aliphatic carbocycles. The highest BCUT2D eigenvalue weighted by atomic mass is 35.5. The number of aromatic nitrogens is 1. The summed E-state index contributed by atoms with van der Waals surface area (Å²) in [5.74, 6) is -0.394. The lowest BCUT2D eigenvalue weighted by Crippen LogP contribution is -2.07. The van der Waals surface area contributed by atoms with E-state index in [-0.39, 0.29) is 10.5 Å². The van der Waals surface area contributed by atoms with E-state index in [9.17, 15) is 17.6 Å². The minimum atomic E-state index is -4.56. The zero-order valence-electron chi connectivity index (χ0n) is 11.0. The van der Waals surface area contributed by atoms with E-state index in [0.717, 1.165) is 6.07 Å². The summed E-state index contributed by atoms with van der Waals surface area (Å²) in [7, 11) is 0. The maximum absolute atomic E-state index is 13.3. The zero-order chi connectivity index (χ0) is 15.9. The first-order valence-electron chi connectivity index (χ1n) is 6.28. The van der Waals surface area contributed by atoms with Crippen molar-refractivity contribution in [2.24, 2.45) is 0 Å². The van der Waals surface area contributed by atoms with Crippen LogP contribution in [0.4, 0.5) is 17.6 Å². The summed E-state index contributed by atoms with van der Waals surface area (Å²) in [5.41, 5.74) is 0.358. The van der Waals surface area contributed by atoms with Crippen molar-refractivity contribution < 1.29 is 17.6 Å². The van der Waals surface area contributed by atoms with Gasteiger partial charge in [0, 0.05) is 5.39 Å². The average Bonchev–Trinajstić information content (AvgIpc) is 2.46. The van der Waals surface area contributed by atoms with Gasteiger partial charge >= 0.3 is 6.18 Å². The standard InChI is InChI=1S/C16H8ClF4N/c17-13-8-15(16(19,20)21)22-14-5-4-10(7-12(13)14)9-2-1-3-11(18)6-9/h1-8H. The normalized spacial score (nSPS) is 11.9. The molecule has 0 N–H and O–H groups in total. The Morgan fingerprint density at radius 1 is 0.909 bits per heavy atom. The number of hydrogen-bond donors (Lipinski definition) is 0. The Kier molecular flexibility index (Phi) is 3.53. The Bertz CT molecular complexity index is 858. The summed E-state index contributed by atoms with van der Waals surface area (Å²) in [6, 6.07) is 11.3. The highest BCUT2D eigenvalue weighted by Crippen LogP contribution is 2.34. The van der Waals surface area contributed by atoms with E-state index in [1.165, 1.54) is 18.2 Å². The molecule has 1 heterocycles. The van der Waals surface area contributed by atoms with Crippen molar-refractivity contribution in [3.05, 3.63) is 65.1 Å². The third kappa shape index (κ3) is 2.76. The van der Waals surface area contributed by atoms with Crippen molar-refractivity contribution in [2.75, 3.05) is 0 Å². The number of rotatable bonds is 1. The van der Waals surface area contributed by atoms with Gasteiger partial charge in [-0.15, -0.1) is 0 Å². The first-order chi connectivity index (χ1) is 10.3. The summed E-state index contributed by atoms with van der Waals surface area (Å²) in [5, 5.41) is 0.340. The minimum Gasteiger partial charge on any atom is -0.243 e. The summed E-state index contributed by atoms with van der Waals surface area (Å²) in [6.45, 7) is 0. The van der Waals surface area contributed by atoms with Crippen molar-refractivity contribution in [3.8, 4) is 11.1 Å². The minimum absolute atomic E-state index is 0.0458. The molecule has 0 radical (unpaired) electrons. The van der Waals surface area contributed by atoms with Gasteiger partial charge in [0.2, 0.25) is 0 Å². The first-order valence-corrected chi connectivity index (χ1v) is 6.66. The topological polar surface area (TPSA) is 12.9 Å². The van der Waals surface area contributed by atoms with Crippen LogP contribution in [0.15, 0.2) is 48.5 Å². The molecule has 0 fully saturated rings. The van der Waals surface area contributed by atoms with Crippen molar-refractivity contribution in [2.45, 2.75) is 6.18 Å². The second-order valence-electron chi connectivity index (χ2n) is 4.73. The molecule has 0 saturated carbocycles. The summed E-state index contributed by atoms with van der Waals surface area (Å²) < 4.78 is 51.4. The summed E-state index contributed by atoms with van der Waals surface area (Å²) in [4.78, 5) is 3.58. The second kappa shape index (κ2) is 5.25. The van der Waals surface area contributed by atoms with Crippen LogP contribution in [-0.2, 0) is 6.18 Å². The van der Waals surface area contributed by atoms with Gasteiger partial charge in [-0.2, -0.15) is 13.2 Å². The predicted octanol–water partition coefficient (Wildman–Crippen LogP) is 5.71. The molecule has 0 atom stereocenters. The van der Waals surface area contributed by atoms with Crippen LogP contribution in [-0.4, -0.2) is 4.98 Å². The lowest BCUT2D eigenvalue weighted by Gasteiger charge is -2.10. The molecule has 112 valence electrons. The van der Waals surface area contributed by atoms with Gasteiger partial charge in [-0.05, 0) is 41.5 Å². The maximum Gasteiger partial charge on any atom is 0.433 e. The van der Waals surface area contributed by atoms with Gasteiger partial charge in [-0.1, -0.05) is 29.8 Å². The Balaban J connectivity index is 2.17. The Morgan fingerprint density at radius 3 is 2.32 bits per heavy atom. The van der Waals surface area contributed by atoms with E-state index in [0.29, 0.717) is 16.5 Å². The van der Waals surface area contributed by atoms with Crippen LogP contribution in [0.1, 0.15) is 5.69 Å². The molecule has 2 aromatic carbocycles. The third-order valence-corrected chi connectivity index (χ3v) is 3.52. The number of alkyl halides is 3. The van der Waals surface area contributed by atoms with Gasteiger partial charge in [0.15, 0.2) is 0 Å². The third-order valence-electron chi connectivity index (χ3n) is 3.21. The Morgan fingerprint density at radius 2 is 1.64 bits per heavy atom. The van der Waals surface area contributed by atoms with Crippen molar-refractivity contribution in [1.82, 2.24) is 4.98 Å². The fourth-order valence-electron chi connectivity index (χ4n) is 2.18. The molecule has 0 spiro atoms. The van der Waals surface area contributed by atoms with Gasteiger partial charge in [0.05, 0.1) is 10.5 Å². The first kappa shape index (κ1) is 14.8. The second-order valence-corrected chi connectivity index (χ2v) is 5.14. The number of halogens is 5. The number of benzene rings is 2. The molecule has 0 aliphatic rings. The van der Waals surface area contributed by atoms with Crippen LogP contribution < -0.4 is 0 Å². The molecule has 0 saturated heterocycles. The molecule has 0 unspecified atom stereocenters. The lowest BCUT2D eigenvalue weighted by molar-refractivity contribution is -0.140. The zero-order valence-corrected chi connectivity index (χ0v) is 11.7. The van der Waals surface area contributed by atoms with Gasteiger partial charge in [-0.3, -0.25) is 0 Å². The van der Waals surface area contributed by atoms with Gasteiger partial charge in [0.1, 0.15) is 11.5 Å². The monoisotopic (exact) mass is 325 g/mol. The van der Waals surface area contributed by atoms with Crippen molar-refractivity contribution >= 4 is 22.5 Å². The van der Waals surface area contributed by atoms with Crippen LogP contribution >= 0.6 is 11.6 Å². The molecule has 6 heteroatoms. The largest absolute Gasteiger partial charge is 0.433 e. The summed E-state index contributed by atoms with van der Waals surface area (Å²) in [6.07, 6.45) is -4.56. The molecule has 0 amide bonds. The van der Waals surface area contributed by atoms with Crippen molar-refractivity contribution in [3.63, 3.8) is 0 Å². The van der Waals surface area contributed by atoms with E-state index in [4.69, 9.17) is 11.6 Å². The molecule has 3 rings (SSSR count). The Hall–Kier alpha value is -2.14. The lowest BCUT2D eigenvalue weighted by atomic mass is 10.0. The van der Waals surface area contributed by atoms with Crippen LogP contribution in [0.5, 0.6) is 0 Å². The van der Waals surface area contributed by atoms with Crippen molar-refractivity contribution in [1.29, 1.82) is 0 Å². The Labute approximate surface area is 128 Å². The number of nitrogens with zero attached hydrogens (tertiary/aromatic N) is 1. The van der Waals surface area contributed by atoms with Gasteiger partial charge in [-0.25, -0.2) is 9.37 Å². The van der Waals surface area contributed by atoms with Gasteiger partial charge < -0.3 is 0 Å². The molecular weight excluding hydrogens is 318 g/mol. The van der Waals surface area contributed by atoms with Crippen LogP contribution in [0.3, 0.4) is 0 Å². The van der Waals surface area contributed by atoms with E-state index >= 15 is 0 Å². The smallest absolute Gasteiger partial charge is 0.243 e. The maximum atomic E-state index is 13.3. The SMILES string of the molecule is Fc1cccc(-c2ccc3nc(C(F)(F)F)cc(Cl)c3c2)c1. The van der Waals surface area contributed by atoms with Crippen LogP contribution in [0.2, 0.25) is 5.02 Å². The quantitative estimate of drug-likeness (QED) is 0.522.